The number of halogens is 2. The highest BCUT2D eigenvalue weighted by atomic mass is 19.1. The molecule has 0 saturated carbocycles. The van der Waals surface area contributed by atoms with E-state index in [4.69, 9.17) is 5.73 Å². The molecule has 0 aromatic heterocycles. The fraction of sp³-hybridized carbons (Fsp3) is 0.133. The van der Waals surface area contributed by atoms with Gasteiger partial charge < -0.3 is 15.8 Å². The average Bonchev–Trinajstić information content (AvgIpc) is 2.45. The van der Waals surface area contributed by atoms with Gasteiger partial charge in [0.15, 0.2) is 0 Å². The van der Waals surface area contributed by atoms with Crippen LogP contribution in [0.15, 0.2) is 30.3 Å². The fourth-order valence-electron chi connectivity index (χ4n) is 1.87. The number of aryl methyl sites for hydroxylation is 1. The number of carbonyl (C=O) groups excluding carboxylic acids is 1. The third-order valence-electron chi connectivity index (χ3n) is 3.01. The molecule has 0 aliphatic heterocycles. The molecule has 2 aromatic rings. The first-order valence-corrected chi connectivity index (χ1v) is 6.13. The highest BCUT2D eigenvalue weighted by Crippen LogP contribution is 2.30. The third-order valence-corrected chi connectivity index (χ3v) is 3.01. The summed E-state index contributed by atoms with van der Waals surface area (Å²) in [7, 11) is 1.22. The summed E-state index contributed by atoms with van der Waals surface area (Å²) in [5.41, 5.74) is 6.40. The molecule has 0 fully saturated rings. The van der Waals surface area contributed by atoms with Gasteiger partial charge >= 0.3 is 5.97 Å². The van der Waals surface area contributed by atoms with E-state index >= 15 is 0 Å². The van der Waals surface area contributed by atoms with Crippen molar-refractivity contribution in [2.45, 2.75) is 6.92 Å². The van der Waals surface area contributed by atoms with Crippen LogP contribution in [0.5, 0.6) is 0 Å². The normalized spacial score (nSPS) is 10.3. The molecule has 110 valence electrons. The van der Waals surface area contributed by atoms with E-state index in [0.29, 0.717) is 0 Å². The Labute approximate surface area is 120 Å². The molecule has 6 heteroatoms. The van der Waals surface area contributed by atoms with Crippen LogP contribution in [0.3, 0.4) is 0 Å². The van der Waals surface area contributed by atoms with Gasteiger partial charge in [-0.15, -0.1) is 0 Å². The number of ether oxygens (including phenoxy) is 1. The van der Waals surface area contributed by atoms with E-state index < -0.39 is 17.6 Å². The van der Waals surface area contributed by atoms with Crippen LogP contribution in [0.1, 0.15) is 15.9 Å². The molecular weight excluding hydrogens is 278 g/mol. The highest BCUT2D eigenvalue weighted by Gasteiger charge is 2.16. The van der Waals surface area contributed by atoms with Crippen LogP contribution < -0.4 is 11.1 Å². The van der Waals surface area contributed by atoms with E-state index in [1.807, 2.05) is 0 Å². The summed E-state index contributed by atoms with van der Waals surface area (Å²) in [6.07, 6.45) is 0. The maximum Gasteiger partial charge on any atom is 0.340 e. The Morgan fingerprint density at radius 2 is 1.95 bits per heavy atom. The molecule has 0 atom stereocenters. The molecular formula is C15H14F2N2O2. The Balaban J connectivity index is 2.49. The lowest BCUT2D eigenvalue weighted by atomic mass is 10.1. The number of benzene rings is 2. The molecule has 4 nitrogen and oxygen atoms in total. The van der Waals surface area contributed by atoms with Gasteiger partial charge in [-0.05, 0) is 30.7 Å². The van der Waals surface area contributed by atoms with Crippen LogP contribution in [0, 0.1) is 18.6 Å². The van der Waals surface area contributed by atoms with Crippen molar-refractivity contribution in [1.82, 2.24) is 0 Å². The van der Waals surface area contributed by atoms with Crippen molar-refractivity contribution < 1.29 is 18.3 Å². The molecule has 21 heavy (non-hydrogen) atoms. The van der Waals surface area contributed by atoms with Gasteiger partial charge in [-0.2, -0.15) is 0 Å². The number of hydrogen-bond donors (Lipinski definition) is 2. The lowest BCUT2D eigenvalue weighted by molar-refractivity contribution is 0.0602. The molecule has 0 saturated heterocycles. The first-order chi connectivity index (χ1) is 9.93. The zero-order valence-corrected chi connectivity index (χ0v) is 11.5. The van der Waals surface area contributed by atoms with E-state index in [0.717, 1.165) is 12.1 Å². The van der Waals surface area contributed by atoms with Crippen molar-refractivity contribution in [2.24, 2.45) is 0 Å². The molecule has 2 rings (SSSR count). The Kier molecular flexibility index (Phi) is 4.07. The molecule has 3 N–H and O–H groups in total. The van der Waals surface area contributed by atoms with Crippen molar-refractivity contribution in [3.05, 3.63) is 53.1 Å². The summed E-state index contributed by atoms with van der Waals surface area (Å²) in [4.78, 5) is 11.7. The fourth-order valence-corrected chi connectivity index (χ4v) is 1.87. The largest absolute Gasteiger partial charge is 0.465 e. The van der Waals surface area contributed by atoms with E-state index in [1.54, 1.807) is 6.07 Å². The Bertz CT molecular complexity index is 702. The molecule has 0 bridgehead atoms. The summed E-state index contributed by atoms with van der Waals surface area (Å²) in [6.45, 7) is 1.46. The molecule has 0 heterocycles. The lowest BCUT2D eigenvalue weighted by Gasteiger charge is -2.14. The summed E-state index contributed by atoms with van der Waals surface area (Å²) in [5, 5.41) is 2.65. The molecule has 2 aromatic carbocycles. The lowest BCUT2D eigenvalue weighted by Crippen LogP contribution is -2.08. The van der Waals surface area contributed by atoms with Crippen molar-refractivity contribution >= 4 is 23.0 Å². The molecule has 0 radical (unpaired) electrons. The van der Waals surface area contributed by atoms with Gasteiger partial charge in [-0.1, -0.05) is 6.07 Å². The average molecular weight is 292 g/mol. The maximum absolute atomic E-state index is 13.9. The number of methoxy groups -OCH3 is 1. The van der Waals surface area contributed by atoms with Gasteiger partial charge in [-0.3, -0.25) is 0 Å². The van der Waals surface area contributed by atoms with Crippen LogP contribution in [-0.2, 0) is 4.74 Å². The van der Waals surface area contributed by atoms with Gasteiger partial charge in [0.1, 0.15) is 11.6 Å². The van der Waals surface area contributed by atoms with E-state index in [-0.39, 0.29) is 28.2 Å². The Morgan fingerprint density at radius 1 is 1.24 bits per heavy atom. The predicted octanol–water partition coefficient (Wildman–Crippen LogP) is 3.39. The Morgan fingerprint density at radius 3 is 2.62 bits per heavy atom. The van der Waals surface area contributed by atoms with Crippen molar-refractivity contribution in [1.29, 1.82) is 0 Å². The second-order valence-corrected chi connectivity index (χ2v) is 4.47. The molecule has 0 unspecified atom stereocenters. The van der Waals surface area contributed by atoms with Crippen molar-refractivity contribution in [2.75, 3.05) is 18.2 Å². The quantitative estimate of drug-likeness (QED) is 0.672. The number of rotatable bonds is 3. The zero-order chi connectivity index (χ0) is 15.6. The minimum absolute atomic E-state index is 0.110. The number of para-hydroxylation sites is 1. The number of nitrogens with two attached hydrogens (primary N) is 1. The number of nitrogen functional groups attached to an aromatic ring is 1. The molecule has 0 spiro atoms. The minimum Gasteiger partial charge on any atom is -0.465 e. The van der Waals surface area contributed by atoms with Gasteiger partial charge in [0.05, 0.1) is 29.7 Å². The summed E-state index contributed by atoms with van der Waals surface area (Å²) < 4.78 is 32.1. The van der Waals surface area contributed by atoms with Crippen LogP contribution in [0.4, 0.5) is 25.8 Å². The van der Waals surface area contributed by atoms with E-state index in [1.165, 1.54) is 26.2 Å². The maximum atomic E-state index is 13.9. The van der Waals surface area contributed by atoms with Crippen molar-refractivity contribution in [3.63, 3.8) is 0 Å². The number of anilines is 3. The smallest absolute Gasteiger partial charge is 0.340 e. The molecule has 0 amide bonds. The van der Waals surface area contributed by atoms with Gasteiger partial charge in [0.2, 0.25) is 0 Å². The first kappa shape index (κ1) is 14.8. The van der Waals surface area contributed by atoms with Crippen molar-refractivity contribution in [3.8, 4) is 0 Å². The summed E-state index contributed by atoms with van der Waals surface area (Å²) in [6, 6.07) is 6.66. The minimum atomic E-state index is -0.645. The van der Waals surface area contributed by atoms with Crippen LogP contribution >= 0.6 is 0 Å². The number of carbonyl (C=O) groups is 1. The van der Waals surface area contributed by atoms with Gasteiger partial charge in [0, 0.05) is 6.07 Å². The van der Waals surface area contributed by atoms with E-state index in [2.05, 4.69) is 10.1 Å². The molecule has 0 aliphatic carbocycles. The highest BCUT2D eigenvalue weighted by molar-refractivity contribution is 5.99. The van der Waals surface area contributed by atoms with Crippen LogP contribution in [-0.4, -0.2) is 13.1 Å². The second kappa shape index (κ2) is 5.78. The SMILES string of the molecule is COC(=O)c1cccc(N)c1Nc1cc(F)c(C)cc1F. The topological polar surface area (TPSA) is 64.3 Å². The predicted molar refractivity (Wildman–Crippen MR) is 76.6 cm³/mol. The molecule has 0 aliphatic rings. The number of esters is 1. The second-order valence-electron chi connectivity index (χ2n) is 4.47. The summed E-state index contributed by atoms with van der Waals surface area (Å²) >= 11 is 0. The Hall–Kier alpha value is -2.63. The monoisotopic (exact) mass is 292 g/mol. The number of hydrogen-bond acceptors (Lipinski definition) is 4. The van der Waals surface area contributed by atoms with Crippen LogP contribution in [0.2, 0.25) is 0 Å². The van der Waals surface area contributed by atoms with E-state index in [9.17, 15) is 13.6 Å². The first-order valence-electron chi connectivity index (χ1n) is 6.13. The standard InChI is InChI=1S/C15H14F2N2O2/c1-8-6-11(17)13(7-10(8)16)19-14-9(15(20)21-2)4-3-5-12(14)18/h3-7,19H,18H2,1-2H3. The van der Waals surface area contributed by atoms with Gasteiger partial charge in [-0.25, -0.2) is 13.6 Å². The third kappa shape index (κ3) is 2.94. The number of nitrogens with one attached hydrogen (secondary N) is 1. The zero-order valence-electron chi connectivity index (χ0n) is 11.5. The van der Waals surface area contributed by atoms with Gasteiger partial charge in [0.25, 0.3) is 0 Å². The van der Waals surface area contributed by atoms with Crippen LogP contribution in [0.25, 0.3) is 0 Å². The summed E-state index contributed by atoms with van der Waals surface area (Å²) in [5.74, 6) is -1.83.